The molecule has 0 fully saturated rings. The molecule has 0 saturated heterocycles. The molecule has 0 heterocycles. The van der Waals surface area contributed by atoms with E-state index in [1.165, 1.54) is 0 Å². The fourth-order valence-electron chi connectivity index (χ4n) is 3.04. The van der Waals surface area contributed by atoms with Crippen molar-refractivity contribution in [2.45, 2.75) is 12.5 Å². The summed E-state index contributed by atoms with van der Waals surface area (Å²) in [7, 11) is 4.75. The molecule has 0 aromatic heterocycles. The number of fused-ring (bicyclic) bond motifs is 3. The van der Waals surface area contributed by atoms with Crippen LogP contribution < -0.4 is 9.47 Å². The second kappa shape index (κ2) is 5.81. The SMILES string of the molecule is COc1ccc2c(c1OC)C(=O)CC(OC)c1ccccc1-2. The molecule has 0 spiro atoms. The summed E-state index contributed by atoms with van der Waals surface area (Å²) < 4.78 is 16.3. The zero-order valence-corrected chi connectivity index (χ0v) is 12.9. The quantitative estimate of drug-likeness (QED) is 0.867. The first-order valence-corrected chi connectivity index (χ1v) is 7.11. The molecular weight excluding hydrogens is 280 g/mol. The van der Waals surface area contributed by atoms with Gasteiger partial charge in [0.15, 0.2) is 17.3 Å². The maximum Gasteiger partial charge on any atom is 0.172 e. The van der Waals surface area contributed by atoms with Gasteiger partial charge in [0.2, 0.25) is 0 Å². The summed E-state index contributed by atoms with van der Waals surface area (Å²) in [5, 5.41) is 0. The molecule has 0 bridgehead atoms. The van der Waals surface area contributed by atoms with Crippen LogP contribution in [0.4, 0.5) is 0 Å². The van der Waals surface area contributed by atoms with Gasteiger partial charge >= 0.3 is 0 Å². The Hall–Kier alpha value is -2.33. The summed E-state index contributed by atoms with van der Waals surface area (Å²) in [6.07, 6.45) is 0.0242. The Kier molecular flexibility index (Phi) is 3.86. The van der Waals surface area contributed by atoms with Crippen molar-refractivity contribution in [3.8, 4) is 22.6 Å². The molecule has 0 saturated carbocycles. The molecule has 1 unspecified atom stereocenters. The molecule has 22 heavy (non-hydrogen) atoms. The summed E-state index contributed by atoms with van der Waals surface area (Å²) in [5.74, 6) is 1.04. The van der Waals surface area contributed by atoms with Gasteiger partial charge < -0.3 is 14.2 Å². The molecule has 0 N–H and O–H groups in total. The van der Waals surface area contributed by atoms with E-state index in [4.69, 9.17) is 14.2 Å². The second-order valence-corrected chi connectivity index (χ2v) is 5.16. The predicted molar refractivity (Wildman–Crippen MR) is 83.7 cm³/mol. The van der Waals surface area contributed by atoms with Crippen LogP contribution in [0, 0.1) is 0 Å². The monoisotopic (exact) mass is 298 g/mol. The Balaban J connectivity index is 2.33. The topological polar surface area (TPSA) is 44.8 Å². The Morgan fingerprint density at radius 1 is 0.955 bits per heavy atom. The highest BCUT2D eigenvalue weighted by atomic mass is 16.5. The normalized spacial score (nSPS) is 16.5. The van der Waals surface area contributed by atoms with Crippen molar-refractivity contribution >= 4 is 5.78 Å². The van der Waals surface area contributed by atoms with Gasteiger partial charge in [0.05, 0.1) is 25.9 Å². The van der Waals surface area contributed by atoms with E-state index in [1.54, 1.807) is 21.3 Å². The maximum atomic E-state index is 12.8. The standard InChI is InChI=1S/C18H18O4/c1-20-15-9-8-13-11-6-4-5-7-12(11)16(21-2)10-14(19)17(13)18(15)22-3/h4-9,16H,10H2,1-3H3. The summed E-state index contributed by atoms with van der Waals surface area (Å²) in [4.78, 5) is 12.8. The van der Waals surface area contributed by atoms with Crippen molar-refractivity contribution in [1.82, 2.24) is 0 Å². The Morgan fingerprint density at radius 2 is 1.73 bits per heavy atom. The molecule has 1 aliphatic carbocycles. The minimum Gasteiger partial charge on any atom is -0.493 e. The van der Waals surface area contributed by atoms with E-state index in [0.29, 0.717) is 17.1 Å². The molecule has 4 heteroatoms. The number of methoxy groups -OCH3 is 3. The van der Waals surface area contributed by atoms with Crippen molar-refractivity contribution in [2.24, 2.45) is 0 Å². The molecule has 2 aromatic rings. The van der Waals surface area contributed by atoms with Gasteiger partial charge in [0.1, 0.15) is 0 Å². The van der Waals surface area contributed by atoms with Gasteiger partial charge in [-0.05, 0) is 28.8 Å². The zero-order valence-electron chi connectivity index (χ0n) is 12.9. The fraction of sp³-hybridized carbons (Fsp3) is 0.278. The summed E-state index contributed by atoms with van der Waals surface area (Å²) in [5.41, 5.74) is 3.44. The van der Waals surface area contributed by atoms with Crippen LogP contribution in [0.15, 0.2) is 36.4 Å². The van der Waals surface area contributed by atoms with E-state index < -0.39 is 0 Å². The van der Waals surface area contributed by atoms with Gasteiger partial charge in [0.25, 0.3) is 0 Å². The minimum absolute atomic E-state index is 0.00574. The molecule has 0 amide bonds. The molecule has 0 aliphatic heterocycles. The number of ether oxygens (including phenoxy) is 3. The van der Waals surface area contributed by atoms with Gasteiger partial charge in [0, 0.05) is 13.5 Å². The molecule has 114 valence electrons. The fourth-order valence-corrected chi connectivity index (χ4v) is 3.04. The first kappa shape index (κ1) is 14.6. The molecule has 3 rings (SSSR count). The van der Waals surface area contributed by atoms with Gasteiger partial charge in [-0.15, -0.1) is 0 Å². The van der Waals surface area contributed by atoms with Gasteiger partial charge in [-0.25, -0.2) is 0 Å². The van der Waals surface area contributed by atoms with Crippen molar-refractivity contribution in [3.63, 3.8) is 0 Å². The van der Waals surface area contributed by atoms with Crippen molar-refractivity contribution in [2.75, 3.05) is 21.3 Å². The summed E-state index contributed by atoms with van der Waals surface area (Å²) >= 11 is 0. The van der Waals surface area contributed by atoms with Crippen LogP contribution in [0.5, 0.6) is 11.5 Å². The van der Waals surface area contributed by atoms with E-state index in [9.17, 15) is 4.79 Å². The second-order valence-electron chi connectivity index (χ2n) is 5.16. The lowest BCUT2D eigenvalue weighted by molar-refractivity contribution is 0.0736. The number of Topliss-reactive ketones (excluding diaryl/α,β-unsaturated/α-hetero) is 1. The van der Waals surface area contributed by atoms with Crippen LogP contribution in [-0.4, -0.2) is 27.1 Å². The third-order valence-corrected chi connectivity index (χ3v) is 4.08. The number of carbonyl (C=O) groups is 1. The highest BCUT2D eigenvalue weighted by Crippen LogP contribution is 2.44. The minimum atomic E-state index is -0.258. The molecule has 1 atom stereocenters. The van der Waals surface area contributed by atoms with Crippen LogP contribution in [-0.2, 0) is 4.74 Å². The highest BCUT2D eigenvalue weighted by Gasteiger charge is 2.30. The number of hydrogen-bond donors (Lipinski definition) is 0. The largest absolute Gasteiger partial charge is 0.493 e. The van der Waals surface area contributed by atoms with Crippen molar-refractivity contribution < 1.29 is 19.0 Å². The predicted octanol–water partition coefficient (Wildman–Crippen LogP) is 3.64. The third kappa shape index (κ3) is 2.16. The molecule has 4 nitrogen and oxygen atoms in total. The Morgan fingerprint density at radius 3 is 2.41 bits per heavy atom. The van der Waals surface area contributed by atoms with Crippen LogP contribution in [0.1, 0.15) is 28.4 Å². The first-order chi connectivity index (χ1) is 10.7. The number of benzene rings is 2. The van der Waals surface area contributed by atoms with Crippen LogP contribution >= 0.6 is 0 Å². The lowest BCUT2D eigenvalue weighted by Crippen LogP contribution is -2.08. The van der Waals surface area contributed by atoms with Crippen LogP contribution in [0.25, 0.3) is 11.1 Å². The smallest absolute Gasteiger partial charge is 0.172 e. The van der Waals surface area contributed by atoms with Gasteiger partial charge in [-0.2, -0.15) is 0 Å². The van der Waals surface area contributed by atoms with E-state index >= 15 is 0 Å². The molecule has 1 aliphatic rings. The van der Waals surface area contributed by atoms with Crippen molar-refractivity contribution in [1.29, 1.82) is 0 Å². The van der Waals surface area contributed by atoms with E-state index in [-0.39, 0.29) is 18.3 Å². The highest BCUT2D eigenvalue weighted by molar-refractivity contribution is 6.07. The van der Waals surface area contributed by atoms with Crippen LogP contribution in [0.2, 0.25) is 0 Å². The summed E-state index contributed by atoms with van der Waals surface area (Å²) in [6.45, 7) is 0. The average Bonchev–Trinajstić information content (AvgIpc) is 2.69. The Labute approximate surface area is 129 Å². The molecule has 2 aromatic carbocycles. The average molecular weight is 298 g/mol. The van der Waals surface area contributed by atoms with Crippen LogP contribution in [0.3, 0.4) is 0 Å². The zero-order chi connectivity index (χ0) is 15.7. The number of rotatable bonds is 3. The number of ketones is 1. The van der Waals surface area contributed by atoms with E-state index in [1.807, 2.05) is 36.4 Å². The maximum absolute atomic E-state index is 12.8. The third-order valence-electron chi connectivity index (χ3n) is 4.08. The number of carbonyl (C=O) groups excluding carboxylic acids is 1. The molecular formula is C18H18O4. The molecule has 0 radical (unpaired) electrons. The van der Waals surface area contributed by atoms with Gasteiger partial charge in [-0.1, -0.05) is 24.3 Å². The first-order valence-electron chi connectivity index (χ1n) is 7.11. The van der Waals surface area contributed by atoms with Crippen molar-refractivity contribution in [3.05, 3.63) is 47.5 Å². The van der Waals surface area contributed by atoms with E-state index in [2.05, 4.69) is 0 Å². The summed E-state index contributed by atoms with van der Waals surface area (Å²) in [6, 6.07) is 11.7. The van der Waals surface area contributed by atoms with E-state index in [0.717, 1.165) is 16.7 Å². The Bertz CT molecular complexity index is 721. The lowest BCUT2D eigenvalue weighted by Gasteiger charge is -2.15. The van der Waals surface area contributed by atoms with Gasteiger partial charge in [-0.3, -0.25) is 4.79 Å². The lowest BCUT2D eigenvalue weighted by atomic mass is 9.95. The number of hydrogen-bond acceptors (Lipinski definition) is 4.